The monoisotopic (exact) mass is 181 g/mol. The van der Waals surface area contributed by atoms with Crippen LogP contribution >= 0.6 is 11.3 Å². The highest BCUT2D eigenvalue weighted by Gasteiger charge is 2.04. The molecule has 2 heterocycles. The third-order valence-electron chi connectivity index (χ3n) is 1.48. The molecule has 6 heteroatoms. The van der Waals surface area contributed by atoms with Crippen LogP contribution in [0.5, 0.6) is 0 Å². The van der Waals surface area contributed by atoms with Crippen molar-refractivity contribution in [3.63, 3.8) is 0 Å². The van der Waals surface area contributed by atoms with Crippen LogP contribution in [0.15, 0.2) is 11.7 Å². The Labute approximate surface area is 72.8 Å². The molecule has 2 aromatic rings. The Bertz CT molecular complexity index is 357. The summed E-state index contributed by atoms with van der Waals surface area (Å²) in [5, 5.41) is 12.3. The molecule has 0 unspecified atom stereocenters. The molecule has 0 spiro atoms. The first-order valence-corrected chi connectivity index (χ1v) is 4.23. The highest BCUT2D eigenvalue weighted by Crippen LogP contribution is 2.13. The largest absolute Gasteiger partial charge is 0.382 e. The standard InChI is InChI=1S/C6H7N5S/c1-4-2-11(10-5(4)7)6-9-8-3-12-6/h2-3H,1H3,(H2,7,10). The normalized spacial score (nSPS) is 10.4. The van der Waals surface area contributed by atoms with E-state index in [0.29, 0.717) is 5.82 Å². The number of hydrogen-bond acceptors (Lipinski definition) is 5. The lowest BCUT2D eigenvalue weighted by Gasteiger charge is -1.89. The summed E-state index contributed by atoms with van der Waals surface area (Å²) in [6, 6.07) is 0. The summed E-state index contributed by atoms with van der Waals surface area (Å²) in [6.45, 7) is 1.90. The first kappa shape index (κ1) is 7.23. The second-order valence-corrected chi connectivity index (χ2v) is 3.17. The summed E-state index contributed by atoms with van der Waals surface area (Å²) in [5.41, 5.74) is 8.18. The lowest BCUT2D eigenvalue weighted by molar-refractivity contribution is 0.850. The molecule has 0 atom stereocenters. The molecule has 2 N–H and O–H groups in total. The molecule has 62 valence electrons. The van der Waals surface area contributed by atoms with Crippen LogP contribution in [0.1, 0.15) is 5.56 Å². The number of hydrogen-bond donors (Lipinski definition) is 1. The van der Waals surface area contributed by atoms with Crippen LogP contribution in [-0.4, -0.2) is 20.0 Å². The highest BCUT2D eigenvalue weighted by atomic mass is 32.1. The Morgan fingerprint density at radius 1 is 1.58 bits per heavy atom. The Hall–Kier alpha value is -1.43. The Morgan fingerprint density at radius 2 is 2.42 bits per heavy atom. The van der Waals surface area contributed by atoms with Crippen LogP contribution < -0.4 is 5.73 Å². The van der Waals surface area contributed by atoms with Gasteiger partial charge in [0.05, 0.1) is 0 Å². The summed E-state index contributed by atoms with van der Waals surface area (Å²) >= 11 is 1.42. The van der Waals surface area contributed by atoms with Gasteiger partial charge in [-0.25, -0.2) is 4.68 Å². The molecule has 0 bridgehead atoms. The zero-order valence-electron chi connectivity index (χ0n) is 6.43. The number of nitrogens with zero attached hydrogens (tertiary/aromatic N) is 4. The van der Waals surface area contributed by atoms with Crippen LogP contribution in [0.2, 0.25) is 0 Å². The summed E-state index contributed by atoms with van der Waals surface area (Å²) < 4.78 is 1.63. The molecule has 0 amide bonds. The average Bonchev–Trinajstić information content (AvgIpc) is 2.61. The molecule has 0 saturated carbocycles. The quantitative estimate of drug-likeness (QED) is 0.700. The van der Waals surface area contributed by atoms with E-state index >= 15 is 0 Å². The van der Waals surface area contributed by atoms with Gasteiger partial charge in [-0.05, 0) is 6.92 Å². The number of nitrogens with two attached hydrogens (primary N) is 1. The molecule has 0 radical (unpaired) electrons. The molecule has 0 aromatic carbocycles. The van der Waals surface area contributed by atoms with Crippen molar-refractivity contribution in [1.82, 2.24) is 20.0 Å². The maximum atomic E-state index is 5.57. The Balaban J connectivity index is 2.48. The molecule has 5 nitrogen and oxygen atoms in total. The van der Waals surface area contributed by atoms with E-state index in [2.05, 4.69) is 15.3 Å². The van der Waals surface area contributed by atoms with Gasteiger partial charge in [0.25, 0.3) is 0 Å². The van der Waals surface area contributed by atoms with Crippen LogP contribution in [0, 0.1) is 6.92 Å². The van der Waals surface area contributed by atoms with Crippen molar-refractivity contribution in [2.75, 3.05) is 5.73 Å². The summed E-state index contributed by atoms with van der Waals surface area (Å²) in [4.78, 5) is 0. The SMILES string of the molecule is Cc1cn(-c2nncs2)nc1N. The zero-order valence-corrected chi connectivity index (χ0v) is 7.25. The van der Waals surface area contributed by atoms with E-state index in [1.54, 1.807) is 10.2 Å². The molecule has 0 aliphatic rings. The predicted octanol–water partition coefficient (Wildman–Crippen LogP) is 0.614. The van der Waals surface area contributed by atoms with Gasteiger partial charge in [0.1, 0.15) is 11.3 Å². The van der Waals surface area contributed by atoms with Crippen molar-refractivity contribution < 1.29 is 0 Å². The van der Waals surface area contributed by atoms with E-state index in [9.17, 15) is 0 Å². The van der Waals surface area contributed by atoms with Crippen molar-refractivity contribution in [3.05, 3.63) is 17.3 Å². The smallest absolute Gasteiger partial charge is 0.232 e. The maximum absolute atomic E-state index is 5.57. The van der Waals surface area contributed by atoms with Gasteiger partial charge in [-0.1, -0.05) is 11.3 Å². The average molecular weight is 181 g/mol. The molecular weight excluding hydrogens is 174 g/mol. The van der Waals surface area contributed by atoms with E-state index < -0.39 is 0 Å². The molecule has 2 aromatic heterocycles. The number of aromatic nitrogens is 4. The molecular formula is C6H7N5S. The minimum absolute atomic E-state index is 0.533. The number of anilines is 1. The van der Waals surface area contributed by atoms with Gasteiger partial charge in [-0.15, -0.1) is 15.3 Å². The van der Waals surface area contributed by atoms with E-state index in [0.717, 1.165) is 10.7 Å². The van der Waals surface area contributed by atoms with Gasteiger partial charge in [0.2, 0.25) is 5.13 Å². The van der Waals surface area contributed by atoms with Gasteiger partial charge in [0.15, 0.2) is 0 Å². The maximum Gasteiger partial charge on any atom is 0.232 e. The first-order chi connectivity index (χ1) is 5.77. The van der Waals surface area contributed by atoms with E-state index in [-0.39, 0.29) is 0 Å². The minimum Gasteiger partial charge on any atom is -0.382 e. The van der Waals surface area contributed by atoms with Gasteiger partial charge in [0, 0.05) is 11.8 Å². The number of rotatable bonds is 1. The van der Waals surface area contributed by atoms with Crippen molar-refractivity contribution in [2.45, 2.75) is 6.92 Å². The van der Waals surface area contributed by atoms with Crippen molar-refractivity contribution >= 4 is 17.2 Å². The third kappa shape index (κ3) is 1.06. The fraction of sp³-hybridized carbons (Fsp3) is 0.167. The molecule has 2 rings (SSSR count). The second-order valence-electron chi connectivity index (χ2n) is 2.36. The number of nitrogen functional groups attached to an aromatic ring is 1. The molecule has 0 saturated heterocycles. The van der Waals surface area contributed by atoms with Crippen molar-refractivity contribution in [3.8, 4) is 5.13 Å². The molecule has 0 aliphatic carbocycles. The van der Waals surface area contributed by atoms with Gasteiger partial charge in [-0.3, -0.25) is 0 Å². The fourth-order valence-electron chi connectivity index (χ4n) is 0.838. The Kier molecular flexibility index (Phi) is 1.54. The van der Waals surface area contributed by atoms with Gasteiger partial charge in [-0.2, -0.15) is 0 Å². The minimum atomic E-state index is 0.533. The van der Waals surface area contributed by atoms with E-state index in [1.807, 2.05) is 13.1 Å². The van der Waals surface area contributed by atoms with Gasteiger partial charge >= 0.3 is 0 Å². The van der Waals surface area contributed by atoms with Gasteiger partial charge < -0.3 is 5.73 Å². The summed E-state index contributed by atoms with van der Waals surface area (Å²) in [6.07, 6.45) is 1.83. The molecule has 0 fully saturated rings. The molecule has 12 heavy (non-hydrogen) atoms. The Morgan fingerprint density at radius 3 is 2.92 bits per heavy atom. The first-order valence-electron chi connectivity index (χ1n) is 3.35. The zero-order chi connectivity index (χ0) is 8.55. The highest BCUT2D eigenvalue weighted by molar-refractivity contribution is 7.11. The van der Waals surface area contributed by atoms with Crippen molar-refractivity contribution in [2.24, 2.45) is 0 Å². The fourth-order valence-corrected chi connectivity index (χ4v) is 1.32. The topological polar surface area (TPSA) is 69.6 Å². The summed E-state index contributed by atoms with van der Waals surface area (Å²) in [5.74, 6) is 0.533. The number of aryl methyl sites for hydroxylation is 1. The predicted molar refractivity (Wildman–Crippen MR) is 46.2 cm³/mol. The molecule has 0 aliphatic heterocycles. The van der Waals surface area contributed by atoms with Crippen LogP contribution in [0.25, 0.3) is 5.13 Å². The lowest BCUT2D eigenvalue weighted by Crippen LogP contribution is -1.95. The lowest BCUT2D eigenvalue weighted by atomic mass is 10.4. The van der Waals surface area contributed by atoms with Crippen LogP contribution in [0.4, 0.5) is 5.82 Å². The second kappa shape index (κ2) is 2.56. The van der Waals surface area contributed by atoms with Crippen molar-refractivity contribution in [1.29, 1.82) is 0 Å². The van der Waals surface area contributed by atoms with E-state index in [1.165, 1.54) is 11.3 Å². The van der Waals surface area contributed by atoms with Crippen LogP contribution in [0.3, 0.4) is 0 Å². The van der Waals surface area contributed by atoms with Crippen LogP contribution in [-0.2, 0) is 0 Å². The third-order valence-corrected chi connectivity index (χ3v) is 2.16. The summed E-state index contributed by atoms with van der Waals surface area (Å²) in [7, 11) is 0. The van der Waals surface area contributed by atoms with E-state index in [4.69, 9.17) is 5.73 Å².